The largest absolute Gasteiger partial charge is 0.870 e. The van der Waals surface area contributed by atoms with Gasteiger partial charge in [-0.15, -0.1) is 0 Å². The van der Waals surface area contributed by atoms with Crippen molar-refractivity contribution in [3.8, 4) is 0 Å². The predicted octanol–water partition coefficient (Wildman–Crippen LogP) is 9.02. The average Bonchev–Trinajstić information content (AvgIpc) is 3.58. The lowest BCUT2D eigenvalue weighted by Crippen LogP contribution is -2.36. The Kier molecular flexibility index (Phi) is 21.1. The summed E-state index contributed by atoms with van der Waals surface area (Å²) in [4.78, 5) is 12.3. The number of hydrogen-bond acceptors (Lipinski definition) is 8. The van der Waals surface area contributed by atoms with Crippen molar-refractivity contribution in [3.05, 3.63) is 60.5 Å². The second-order valence-corrected chi connectivity index (χ2v) is 15.1. The fourth-order valence-electron chi connectivity index (χ4n) is 5.92. The number of furan rings is 1. The zero-order valence-electron chi connectivity index (χ0n) is 30.0. The van der Waals surface area contributed by atoms with Crippen LogP contribution in [0.2, 0.25) is 0 Å². The highest BCUT2D eigenvalue weighted by atomic mass is 31.2. The molecular formula is C38H61N2O8P. The average molecular weight is 705 g/mol. The summed E-state index contributed by atoms with van der Waals surface area (Å²) in [7, 11) is -3.94. The number of carbonyl (C=O) groups excluding carboxylic acids is 1. The maximum Gasteiger partial charge on any atom is 0.407 e. The van der Waals surface area contributed by atoms with Crippen LogP contribution in [0.3, 0.4) is 0 Å². The number of fused-ring (bicyclic) bond motifs is 1. The molecule has 11 heteroatoms. The van der Waals surface area contributed by atoms with Gasteiger partial charge in [-0.1, -0.05) is 116 Å². The third kappa shape index (κ3) is 16.2. The van der Waals surface area contributed by atoms with Crippen molar-refractivity contribution in [1.29, 1.82) is 0 Å². The number of amides is 1. The Labute approximate surface area is 293 Å². The molecule has 49 heavy (non-hydrogen) atoms. The Hall–Kier alpha value is -2.75. The van der Waals surface area contributed by atoms with Gasteiger partial charge < -0.3 is 25.1 Å². The van der Waals surface area contributed by atoms with Crippen LogP contribution in [0.4, 0.5) is 4.79 Å². The molecule has 0 aliphatic heterocycles. The van der Waals surface area contributed by atoms with E-state index in [4.69, 9.17) is 18.2 Å². The van der Waals surface area contributed by atoms with Gasteiger partial charge in [-0.05, 0) is 42.5 Å². The quantitative estimate of drug-likeness (QED) is 0.0365. The molecule has 276 valence electrons. The SMILES string of the molecule is CCCCCCCCCCCCCC(C)CCC(C)CNC(=O)OCc1ccc(P(=O)(OCO)OCC[n+]2cccc3ccccc32)o1.[OH-]. The number of carbonyl (C=O) groups is 1. The molecule has 0 saturated heterocycles. The first-order chi connectivity index (χ1) is 23.3. The zero-order valence-corrected chi connectivity index (χ0v) is 30.9. The predicted molar refractivity (Wildman–Crippen MR) is 193 cm³/mol. The zero-order chi connectivity index (χ0) is 34.5. The van der Waals surface area contributed by atoms with E-state index >= 15 is 0 Å². The number of hydrogen-bond donors (Lipinski definition) is 2. The minimum absolute atomic E-state index is 0. The third-order valence-corrected chi connectivity index (χ3v) is 10.7. The smallest absolute Gasteiger partial charge is 0.407 e. The van der Waals surface area contributed by atoms with Crippen LogP contribution < -0.4 is 15.4 Å². The topological polar surface area (TPSA) is 141 Å². The second kappa shape index (κ2) is 24.4. The summed E-state index contributed by atoms with van der Waals surface area (Å²) in [6.07, 6.45) is 20.0. The summed E-state index contributed by atoms with van der Waals surface area (Å²) < 4.78 is 37.2. The summed E-state index contributed by atoms with van der Waals surface area (Å²) in [5.41, 5.74) is 0.949. The summed E-state index contributed by atoms with van der Waals surface area (Å²) in [5.74, 6) is 1.33. The fourth-order valence-corrected chi connectivity index (χ4v) is 7.21. The minimum Gasteiger partial charge on any atom is -0.870 e. The molecule has 1 amide bonds. The maximum atomic E-state index is 13.4. The molecule has 0 fully saturated rings. The summed E-state index contributed by atoms with van der Waals surface area (Å²) in [5, 5.41) is 13.3. The van der Waals surface area contributed by atoms with Crippen LogP contribution >= 0.6 is 7.60 Å². The van der Waals surface area contributed by atoms with Crippen LogP contribution in [0.1, 0.15) is 116 Å². The highest BCUT2D eigenvalue weighted by Gasteiger charge is 2.32. The standard InChI is InChI=1S/C38H59N2O7P.H2O/c1-4-5-6-7-8-9-10-11-12-13-14-18-32(2)22-23-33(3)29-39-38(42)44-30-35-24-25-37(47-35)48(43,46-31-41)45-28-27-40-26-17-20-34-19-15-16-21-36(34)40;/h15-17,19-21,24-26,32-33,41H,4-14,18,22-23,27-31H2,1-3H3;1H2. The van der Waals surface area contributed by atoms with E-state index in [1.807, 2.05) is 47.2 Å². The van der Waals surface area contributed by atoms with Crippen LogP contribution in [0, 0.1) is 11.8 Å². The van der Waals surface area contributed by atoms with E-state index in [-0.39, 0.29) is 24.2 Å². The number of nitrogens with zero attached hydrogens (tertiary/aromatic N) is 1. The van der Waals surface area contributed by atoms with Gasteiger partial charge in [0.05, 0.1) is 0 Å². The number of pyridine rings is 1. The van der Waals surface area contributed by atoms with Crippen molar-refractivity contribution in [2.45, 2.75) is 124 Å². The Balaban J connectivity index is 0.00000833. The number of para-hydroxylation sites is 1. The Morgan fingerprint density at radius 3 is 2.22 bits per heavy atom. The van der Waals surface area contributed by atoms with Gasteiger partial charge in [-0.25, -0.2) is 4.79 Å². The van der Waals surface area contributed by atoms with Gasteiger partial charge in [0.25, 0.3) is 0 Å². The Morgan fingerprint density at radius 1 is 0.857 bits per heavy atom. The van der Waals surface area contributed by atoms with Crippen LogP contribution in [0.15, 0.2) is 59.1 Å². The molecule has 0 aliphatic carbocycles. The number of rotatable bonds is 26. The van der Waals surface area contributed by atoms with Crippen molar-refractivity contribution < 1.29 is 42.7 Å². The van der Waals surface area contributed by atoms with E-state index in [9.17, 15) is 14.5 Å². The Bertz CT molecular complexity index is 1360. The minimum atomic E-state index is -3.94. The van der Waals surface area contributed by atoms with Crippen molar-refractivity contribution in [1.82, 2.24) is 5.32 Å². The van der Waals surface area contributed by atoms with Gasteiger partial charge in [0.1, 0.15) is 12.4 Å². The number of nitrogens with one attached hydrogen (secondary N) is 1. The Morgan fingerprint density at radius 2 is 1.51 bits per heavy atom. The molecule has 0 spiro atoms. The number of alkyl carbamates (subject to hydrolysis) is 1. The van der Waals surface area contributed by atoms with Gasteiger partial charge in [0.2, 0.25) is 11.0 Å². The molecular weight excluding hydrogens is 643 g/mol. The number of ether oxygens (including phenoxy) is 1. The lowest BCUT2D eigenvalue weighted by molar-refractivity contribution is -0.672. The normalized spacial score (nSPS) is 13.8. The number of benzene rings is 1. The molecule has 3 unspecified atom stereocenters. The van der Waals surface area contributed by atoms with Gasteiger partial charge >= 0.3 is 13.7 Å². The van der Waals surface area contributed by atoms with Crippen molar-refractivity contribution in [2.75, 3.05) is 19.9 Å². The number of aliphatic hydroxyl groups excluding tert-OH is 1. The summed E-state index contributed by atoms with van der Waals surface area (Å²) >= 11 is 0. The van der Waals surface area contributed by atoms with Crippen LogP contribution in [0.25, 0.3) is 10.9 Å². The highest BCUT2D eigenvalue weighted by Crippen LogP contribution is 2.47. The summed E-state index contributed by atoms with van der Waals surface area (Å²) in [6, 6.07) is 14.9. The number of unbranched alkanes of at least 4 members (excludes halogenated alkanes) is 10. The van der Waals surface area contributed by atoms with Crippen molar-refractivity contribution >= 4 is 30.1 Å². The first kappa shape index (κ1) is 42.4. The van der Waals surface area contributed by atoms with Crippen LogP contribution in [0.5, 0.6) is 0 Å². The third-order valence-electron chi connectivity index (χ3n) is 8.92. The van der Waals surface area contributed by atoms with E-state index < -0.39 is 20.5 Å². The summed E-state index contributed by atoms with van der Waals surface area (Å²) in [6.45, 7) is 6.81. The maximum absolute atomic E-state index is 13.4. The molecule has 0 bridgehead atoms. The van der Waals surface area contributed by atoms with E-state index in [1.54, 1.807) is 6.07 Å². The molecule has 3 aromatic rings. The van der Waals surface area contributed by atoms with E-state index in [0.29, 0.717) is 30.7 Å². The van der Waals surface area contributed by atoms with Gasteiger partial charge in [0, 0.05) is 24.1 Å². The molecule has 2 heterocycles. The first-order valence-electron chi connectivity index (χ1n) is 18.2. The molecule has 0 saturated carbocycles. The molecule has 0 radical (unpaired) electrons. The van der Waals surface area contributed by atoms with Crippen LogP contribution in [-0.4, -0.2) is 36.6 Å². The molecule has 3 rings (SSSR count). The van der Waals surface area contributed by atoms with E-state index in [0.717, 1.165) is 23.7 Å². The van der Waals surface area contributed by atoms with Crippen molar-refractivity contribution in [3.63, 3.8) is 0 Å². The van der Waals surface area contributed by atoms with Crippen LogP contribution in [-0.2, 0) is 31.5 Å². The van der Waals surface area contributed by atoms with Crippen molar-refractivity contribution in [2.24, 2.45) is 11.8 Å². The lowest BCUT2D eigenvalue weighted by atomic mass is 9.93. The molecule has 1 aromatic carbocycles. The molecule has 3 atom stereocenters. The molecule has 2 aromatic heterocycles. The number of aliphatic hydroxyl groups is 1. The highest BCUT2D eigenvalue weighted by molar-refractivity contribution is 7.61. The first-order valence-corrected chi connectivity index (χ1v) is 19.8. The fraction of sp³-hybridized carbons (Fsp3) is 0.632. The molecule has 0 aliphatic rings. The van der Waals surface area contributed by atoms with Gasteiger partial charge in [-0.3, -0.25) is 13.6 Å². The monoisotopic (exact) mass is 704 g/mol. The van der Waals surface area contributed by atoms with E-state index in [2.05, 4.69) is 26.1 Å². The number of aromatic nitrogens is 1. The lowest BCUT2D eigenvalue weighted by Gasteiger charge is -2.16. The van der Waals surface area contributed by atoms with E-state index in [1.165, 1.54) is 83.1 Å². The second-order valence-electron chi connectivity index (χ2n) is 13.2. The molecule has 3 N–H and O–H groups in total. The molecule has 10 nitrogen and oxygen atoms in total. The van der Waals surface area contributed by atoms with Gasteiger partial charge in [-0.2, -0.15) is 4.57 Å². The van der Waals surface area contributed by atoms with Gasteiger partial charge in [0.15, 0.2) is 26.1 Å².